The Morgan fingerprint density at radius 3 is 2.54 bits per heavy atom. The number of carbonyl (C=O) groups is 2. The smallest absolute Gasteiger partial charge is 0.257 e. The lowest BCUT2D eigenvalue weighted by atomic mass is 9.90. The zero-order chi connectivity index (χ0) is 33.6. The number of carbonyl (C=O) groups excluding carboxylic acids is 2. The Bertz CT molecular complexity index is 1660. The van der Waals surface area contributed by atoms with Crippen LogP contribution in [0.1, 0.15) is 55.5 Å². The number of nitrogens with zero attached hydrogens (tertiary/aromatic N) is 3. The molecule has 3 aliphatic rings. The van der Waals surface area contributed by atoms with Crippen molar-refractivity contribution in [2.45, 2.75) is 64.2 Å². The Balaban J connectivity index is 1.09. The number of phenolic OH excluding ortho intramolecular Hbond substituents is 1. The number of rotatable bonds is 10. The quantitative estimate of drug-likeness (QED) is 0.256. The second kappa shape index (κ2) is 15.5. The number of hydrogen-bond donors (Lipinski definition) is 3. The van der Waals surface area contributed by atoms with Crippen molar-refractivity contribution in [2.24, 2.45) is 10.9 Å². The van der Waals surface area contributed by atoms with Gasteiger partial charge in [-0.3, -0.25) is 19.5 Å². The molecule has 1 saturated carbocycles. The SMILES string of the molecule is CC(C)C1=NC(C(=O)NC2CCC(NC(=O)c3cc(F)cnc3Oc3cccc(-c4ccc(O)cc4CN4CCOCC4)c3)CC2)CS1. The number of benzene rings is 2. The molecule has 1 aliphatic carbocycles. The van der Waals surface area contributed by atoms with Crippen LogP contribution in [0.25, 0.3) is 11.1 Å². The highest BCUT2D eigenvalue weighted by Gasteiger charge is 2.30. The van der Waals surface area contributed by atoms with Crippen LogP contribution in [-0.2, 0) is 16.1 Å². The Hall–Kier alpha value is -4.00. The summed E-state index contributed by atoms with van der Waals surface area (Å²) in [6.07, 6.45) is 3.83. The number of nitrogens with one attached hydrogen (secondary N) is 2. The average molecular weight is 676 g/mol. The van der Waals surface area contributed by atoms with E-state index in [0.717, 1.165) is 59.9 Å². The van der Waals surface area contributed by atoms with Gasteiger partial charge in [0, 0.05) is 43.4 Å². The molecule has 3 heterocycles. The summed E-state index contributed by atoms with van der Waals surface area (Å²) >= 11 is 1.65. The molecule has 0 bridgehead atoms. The fourth-order valence-electron chi connectivity index (χ4n) is 6.29. The van der Waals surface area contributed by atoms with Crippen LogP contribution in [0.15, 0.2) is 59.7 Å². The first-order chi connectivity index (χ1) is 23.2. The predicted molar refractivity (Wildman–Crippen MR) is 184 cm³/mol. The molecule has 2 aliphatic heterocycles. The molecule has 1 aromatic heterocycles. The lowest BCUT2D eigenvalue weighted by Crippen LogP contribution is -2.46. The molecule has 48 heavy (non-hydrogen) atoms. The van der Waals surface area contributed by atoms with Crippen molar-refractivity contribution in [2.75, 3.05) is 32.1 Å². The third kappa shape index (κ3) is 8.53. The molecule has 2 amide bonds. The molecular weight excluding hydrogens is 633 g/mol. The first kappa shape index (κ1) is 33.9. The summed E-state index contributed by atoms with van der Waals surface area (Å²) in [6, 6.07) is 13.4. The maximum Gasteiger partial charge on any atom is 0.257 e. The maximum absolute atomic E-state index is 14.4. The Kier molecular flexibility index (Phi) is 10.9. The predicted octanol–water partition coefficient (Wildman–Crippen LogP) is 5.54. The van der Waals surface area contributed by atoms with Gasteiger partial charge in [-0.2, -0.15) is 0 Å². The molecule has 1 atom stereocenters. The van der Waals surface area contributed by atoms with Gasteiger partial charge in [0.1, 0.15) is 28.9 Å². The van der Waals surface area contributed by atoms with Crippen LogP contribution in [0.5, 0.6) is 17.4 Å². The molecule has 2 aromatic carbocycles. The largest absolute Gasteiger partial charge is 0.508 e. The zero-order valence-electron chi connectivity index (χ0n) is 27.3. The van der Waals surface area contributed by atoms with E-state index in [1.54, 1.807) is 30.0 Å². The van der Waals surface area contributed by atoms with Crippen molar-refractivity contribution in [1.82, 2.24) is 20.5 Å². The summed E-state index contributed by atoms with van der Waals surface area (Å²) in [5.74, 6) is 0.477. The molecule has 12 heteroatoms. The molecule has 1 unspecified atom stereocenters. The fraction of sp³-hybridized carbons (Fsp3) is 0.444. The van der Waals surface area contributed by atoms with Gasteiger partial charge >= 0.3 is 0 Å². The fourth-order valence-corrected chi connectivity index (χ4v) is 7.38. The van der Waals surface area contributed by atoms with Gasteiger partial charge in [0.25, 0.3) is 5.91 Å². The number of ether oxygens (including phenoxy) is 2. The van der Waals surface area contributed by atoms with Gasteiger partial charge in [-0.1, -0.05) is 32.0 Å². The van der Waals surface area contributed by atoms with Crippen LogP contribution in [-0.4, -0.2) is 82.0 Å². The molecule has 1 saturated heterocycles. The summed E-state index contributed by atoms with van der Waals surface area (Å²) in [5.41, 5.74) is 2.78. The minimum atomic E-state index is -0.641. The van der Waals surface area contributed by atoms with Crippen LogP contribution >= 0.6 is 11.8 Å². The van der Waals surface area contributed by atoms with Crippen molar-refractivity contribution in [3.05, 3.63) is 71.7 Å². The van der Waals surface area contributed by atoms with Crippen molar-refractivity contribution < 1.29 is 28.6 Å². The van der Waals surface area contributed by atoms with E-state index in [9.17, 15) is 19.1 Å². The first-order valence-electron chi connectivity index (χ1n) is 16.6. The lowest BCUT2D eigenvalue weighted by Gasteiger charge is -2.30. The first-order valence-corrected chi connectivity index (χ1v) is 17.6. The summed E-state index contributed by atoms with van der Waals surface area (Å²) in [5, 5.41) is 17.4. The Morgan fingerprint density at radius 1 is 1.06 bits per heavy atom. The number of halogens is 1. The number of thioether (sulfide) groups is 1. The van der Waals surface area contributed by atoms with Crippen molar-refractivity contribution in [3.8, 4) is 28.5 Å². The van der Waals surface area contributed by atoms with Gasteiger partial charge in [0.15, 0.2) is 0 Å². The number of aromatic nitrogens is 1. The van der Waals surface area contributed by atoms with E-state index in [1.165, 1.54) is 0 Å². The second-order valence-corrected chi connectivity index (χ2v) is 13.9. The number of aromatic hydroxyl groups is 1. The van der Waals surface area contributed by atoms with Crippen LogP contribution < -0.4 is 15.4 Å². The van der Waals surface area contributed by atoms with E-state index in [2.05, 4.69) is 39.4 Å². The standard InChI is InChI=1S/C36H42FN5O5S/c1-22(2)36-41-32(21-48-36)34(45)40-27-8-6-26(7-9-27)39-33(44)31-18-25(37)19-38-35(31)47-29-5-3-4-23(17-29)30-11-10-28(43)16-24(30)20-42-12-14-46-15-13-42/h3-5,10-11,16-19,22,26-27,32,43H,6-9,12-15,20-21H2,1-2H3,(H,39,44)(H,40,45). The number of aliphatic imine (C=N–C) groups is 1. The normalized spacial score (nSPS) is 21.5. The third-order valence-corrected chi connectivity index (χ3v) is 10.2. The molecule has 3 N–H and O–H groups in total. The Morgan fingerprint density at radius 2 is 1.81 bits per heavy atom. The topological polar surface area (TPSA) is 125 Å². The van der Waals surface area contributed by atoms with E-state index in [1.807, 2.05) is 24.3 Å². The van der Waals surface area contributed by atoms with E-state index in [-0.39, 0.29) is 41.2 Å². The van der Waals surface area contributed by atoms with E-state index in [4.69, 9.17) is 9.47 Å². The van der Waals surface area contributed by atoms with E-state index < -0.39 is 11.7 Å². The monoisotopic (exact) mass is 675 g/mol. The summed E-state index contributed by atoms with van der Waals surface area (Å²) in [7, 11) is 0. The summed E-state index contributed by atoms with van der Waals surface area (Å²) in [4.78, 5) is 37.2. The summed E-state index contributed by atoms with van der Waals surface area (Å²) < 4.78 is 26.0. The molecule has 0 spiro atoms. The molecule has 3 aromatic rings. The minimum Gasteiger partial charge on any atom is -0.508 e. The number of phenols is 1. The molecule has 6 rings (SSSR count). The van der Waals surface area contributed by atoms with Gasteiger partial charge in [-0.05, 0) is 72.7 Å². The highest BCUT2D eigenvalue weighted by molar-refractivity contribution is 8.14. The van der Waals surface area contributed by atoms with Gasteiger partial charge in [0.2, 0.25) is 11.8 Å². The van der Waals surface area contributed by atoms with Crippen LogP contribution in [0.3, 0.4) is 0 Å². The number of amides is 2. The van der Waals surface area contributed by atoms with Crippen LogP contribution in [0.2, 0.25) is 0 Å². The average Bonchev–Trinajstić information content (AvgIpc) is 3.59. The van der Waals surface area contributed by atoms with Crippen molar-refractivity contribution in [1.29, 1.82) is 0 Å². The van der Waals surface area contributed by atoms with E-state index in [0.29, 0.717) is 50.0 Å². The highest BCUT2D eigenvalue weighted by atomic mass is 32.2. The number of morpholine rings is 1. The summed E-state index contributed by atoms with van der Waals surface area (Å²) in [6.45, 7) is 7.79. The Labute approximate surface area is 284 Å². The van der Waals surface area contributed by atoms with E-state index >= 15 is 0 Å². The lowest BCUT2D eigenvalue weighted by molar-refractivity contribution is -0.122. The van der Waals surface area contributed by atoms with Gasteiger partial charge in [-0.25, -0.2) is 9.37 Å². The third-order valence-electron chi connectivity index (χ3n) is 8.89. The number of hydrogen-bond acceptors (Lipinski definition) is 9. The molecular formula is C36H42FN5O5S. The van der Waals surface area contributed by atoms with Gasteiger partial charge in [0.05, 0.1) is 24.5 Å². The van der Waals surface area contributed by atoms with Crippen molar-refractivity contribution >= 4 is 28.6 Å². The molecule has 254 valence electrons. The van der Waals surface area contributed by atoms with Gasteiger partial charge in [-0.15, -0.1) is 11.8 Å². The molecule has 10 nitrogen and oxygen atoms in total. The van der Waals surface area contributed by atoms with Crippen LogP contribution in [0, 0.1) is 11.7 Å². The second-order valence-electron chi connectivity index (χ2n) is 12.8. The minimum absolute atomic E-state index is 0.00185. The van der Waals surface area contributed by atoms with Crippen molar-refractivity contribution in [3.63, 3.8) is 0 Å². The number of pyridine rings is 1. The highest BCUT2D eigenvalue weighted by Crippen LogP contribution is 2.33. The van der Waals surface area contributed by atoms with Gasteiger partial charge < -0.3 is 25.2 Å². The maximum atomic E-state index is 14.4. The van der Waals surface area contributed by atoms with Crippen LogP contribution in [0.4, 0.5) is 4.39 Å². The zero-order valence-corrected chi connectivity index (χ0v) is 28.1. The molecule has 2 fully saturated rings. The molecule has 0 radical (unpaired) electrons.